The minimum Gasteiger partial charge on any atom is -0.507 e. The average Bonchev–Trinajstić information content (AvgIpc) is 3.39. The van der Waals surface area contributed by atoms with Gasteiger partial charge in [0, 0.05) is 17.7 Å². The minimum absolute atomic E-state index is 0.00136. The van der Waals surface area contributed by atoms with E-state index in [0.29, 0.717) is 11.3 Å². The van der Waals surface area contributed by atoms with Crippen LogP contribution in [0.4, 0.5) is 10.8 Å². The minimum atomic E-state index is -1.25. The molecule has 0 unspecified atom stereocenters. The molecule has 1 N–H and O–H groups in total. The summed E-state index contributed by atoms with van der Waals surface area (Å²) in [6.07, 6.45) is 0. The molecule has 1 aromatic heterocycles. The lowest BCUT2D eigenvalue weighted by Gasteiger charge is -2.23. The van der Waals surface area contributed by atoms with Gasteiger partial charge in [0.05, 0.1) is 36.5 Å². The number of aromatic nitrogens is 1. The molecule has 0 radical (unpaired) electrons. The van der Waals surface area contributed by atoms with E-state index in [-0.39, 0.29) is 38.1 Å². The van der Waals surface area contributed by atoms with E-state index in [2.05, 4.69) is 4.98 Å². The Kier molecular flexibility index (Phi) is 6.77. The number of hydrogen-bond donors (Lipinski definition) is 1. The molecular weight excluding hydrogens is 502 g/mol. The number of Topliss-reactive ketones (excluding diaryl/α,β-unsaturated/α-hetero) is 1. The largest absolute Gasteiger partial charge is 0.507 e. The summed E-state index contributed by atoms with van der Waals surface area (Å²) in [5.41, 5.74) is 0.852. The topological polar surface area (TPSA) is 149 Å². The number of thiazole rings is 1. The quantitative estimate of drug-likeness (QED) is 0.126. The van der Waals surface area contributed by atoms with Crippen molar-refractivity contribution in [3.05, 3.63) is 85.4 Å². The fraction of sp³-hybridized carbons (Fsp3) is 0.200. The molecular formula is C25H21N3O8S. The Hall–Kier alpha value is -4.58. The number of rotatable bonds is 6. The monoisotopic (exact) mass is 523 g/mol. The van der Waals surface area contributed by atoms with Crippen LogP contribution in [-0.2, 0) is 14.3 Å². The van der Waals surface area contributed by atoms with Crippen molar-refractivity contribution in [2.75, 3.05) is 19.1 Å². The SMILES string of the molecule is COC(=O)c1sc(N2C(=O)C(=O)/C(=C(/O)c3ccc(OC)c(C)c3)[C@H]2c2cccc([N+](=O)[O-])c2)nc1C. The van der Waals surface area contributed by atoms with Gasteiger partial charge in [0.15, 0.2) is 5.13 Å². The number of ether oxygens (including phenoxy) is 2. The van der Waals surface area contributed by atoms with Crippen molar-refractivity contribution >= 4 is 45.6 Å². The summed E-state index contributed by atoms with van der Waals surface area (Å²) in [7, 11) is 2.70. The molecule has 1 aliphatic heterocycles. The van der Waals surface area contributed by atoms with Crippen LogP contribution >= 0.6 is 11.3 Å². The van der Waals surface area contributed by atoms with Gasteiger partial charge < -0.3 is 14.6 Å². The predicted molar refractivity (Wildman–Crippen MR) is 134 cm³/mol. The van der Waals surface area contributed by atoms with Crippen molar-refractivity contribution in [3.63, 3.8) is 0 Å². The fourth-order valence-corrected chi connectivity index (χ4v) is 5.11. The zero-order valence-corrected chi connectivity index (χ0v) is 21.0. The molecule has 0 spiro atoms. The van der Waals surface area contributed by atoms with E-state index in [9.17, 15) is 29.6 Å². The van der Waals surface area contributed by atoms with Crippen molar-refractivity contribution in [3.8, 4) is 5.75 Å². The van der Waals surface area contributed by atoms with Crippen LogP contribution in [0.15, 0.2) is 48.0 Å². The molecule has 1 saturated heterocycles. The predicted octanol–water partition coefficient (Wildman–Crippen LogP) is 4.09. The van der Waals surface area contributed by atoms with Crippen LogP contribution in [0.3, 0.4) is 0 Å². The van der Waals surface area contributed by atoms with Gasteiger partial charge in [0.25, 0.3) is 11.5 Å². The molecule has 37 heavy (non-hydrogen) atoms. The fourth-order valence-electron chi connectivity index (χ4n) is 4.10. The van der Waals surface area contributed by atoms with Crippen LogP contribution in [0.2, 0.25) is 0 Å². The summed E-state index contributed by atoms with van der Waals surface area (Å²) in [4.78, 5) is 55.1. The zero-order chi connectivity index (χ0) is 27.0. The Balaban J connectivity index is 1.97. The molecule has 1 atom stereocenters. The Morgan fingerprint density at radius 1 is 1.16 bits per heavy atom. The number of methoxy groups -OCH3 is 2. The van der Waals surface area contributed by atoms with Crippen molar-refractivity contribution < 1.29 is 33.9 Å². The van der Waals surface area contributed by atoms with E-state index in [1.165, 1.54) is 44.6 Å². The number of amides is 1. The Bertz CT molecular complexity index is 1490. The van der Waals surface area contributed by atoms with E-state index in [1.54, 1.807) is 26.0 Å². The number of aryl methyl sites for hydroxylation is 2. The number of nitro groups is 1. The maximum absolute atomic E-state index is 13.3. The Labute approximate surface area is 214 Å². The second-order valence-corrected chi connectivity index (χ2v) is 9.09. The first-order valence-corrected chi connectivity index (χ1v) is 11.7. The molecule has 0 saturated carbocycles. The molecule has 2 aromatic carbocycles. The molecule has 4 rings (SSSR count). The van der Waals surface area contributed by atoms with Crippen molar-refractivity contribution in [2.45, 2.75) is 19.9 Å². The number of nitro benzene ring substituents is 1. The number of anilines is 1. The third kappa shape index (κ3) is 4.42. The summed E-state index contributed by atoms with van der Waals surface area (Å²) in [5, 5.41) is 22.7. The highest BCUT2D eigenvalue weighted by Gasteiger charge is 2.48. The number of non-ortho nitro benzene ring substituents is 1. The van der Waals surface area contributed by atoms with Crippen LogP contribution in [0, 0.1) is 24.0 Å². The van der Waals surface area contributed by atoms with E-state index in [4.69, 9.17) is 9.47 Å². The lowest BCUT2D eigenvalue weighted by Crippen LogP contribution is -2.29. The molecule has 11 nitrogen and oxygen atoms in total. The van der Waals surface area contributed by atoms with Gasteiger partial charge in [-0.05, 0) is 43.2 Å². The number of ketones is 1. The summed E-state index contributed by atoms with van der Waals surface area (Å²) in [6, 6.07) is 8.89. The molecule has 2 heterocycles. The summed E-state index contributed by atoms with van der Waals surface area (Å²) in [5.74, 6) is -2.59. The normalized spacial score (nSPS) is 16.6. The smallest absolute Gasteiger partial charge is 0.350 e. The molecule has 0 bridgehead atoms. The Morgan fingerprint density at radius 3 is 2.51 bits per heavy atom. The Morgan fingerprint density at radius 2 is 1.89 bits per heavy atom. The summed E-state index contributed by atoms with van der Waals surface area (Å²) in [6.45, 7) is 3.30. The van der Waals surface area contributed by atoms with Gasteiger partial charge in [-0.3, -0.25) is 24.6 Å². The van der Waals surface area contributed by atoms with Crippen LogP contribution in [0.5, 0.6) is 5.75 Å². The standard InChI is InChI=1S/C25H21N3O8S/c1-12-10-15(8-9-17(12)35-3)20(29)18-19(14-6-5-7-16(11-14)28(33)34)27(23(31)21(18)30)25-26-13(2)22(37-25)24(32)36-4/h5-11,19,29H,1-4H3/b20-18+/t19-/m1/s1. The maximum Gasteiger partial charge on any atom is 0.350 e. The molecule has 190 valence electrons. The number of esters is 1. The van der Waals surface area contributed by atoms with E-state index in [0.717, 1.165) is 16.2 Å². The highest BCUT2D eigenvalue weighted by atomic mass is 32.1. The van der Waals surface area contributed by atoms with E-state index < -0.39 is 34.4 Å². The number of aliphatic hydroxyl groups is 1. The molecule has 1 fully saturated rings. The second kappa shape index (κ2) is 9.82. The lowest BCUT2D eigenvalue weighted by molar-refractivity contribution is -0.384. The average molecular weight is 524 g/mol. The molecule has 3 aromatic rings. The number of carbonyl (C=O) groups is 3. The van der Waals surface area contributed by atoms with Gasteiger partial charge in [0.1, 0.15) is 16.4 Å². The number of aliphatic hydroxyl groups excluding tert-OH is 1. The molecule has 12 heteroatoms. The van der Waals surface area contributed by atoms with Crippen LogP contribution in [-0.4, -0.2) is 46.9 Å². The molecule has 0 aliphatic carbocycles. The number of benzene rings is 2. The van der Waals surface area contributed by atoms with Crippen molar-refractivity contribution in [1.29, 1.82) is 0 Å². The summed E-state index contributed by atoms with van der Waals surface area (Å²) >= 11 is 0.834. The molecule has 1 amide bonds. The number of hydrogen-bond acceptors (Lipinski definition) is 10. The third-order valence-electron chi connectivity index (χ3n) is 5.87. The number of nitrogens with zero attached hydrogens (tertiary/aromatic N) is 3. The van der Waals surface area contributed by atoms with Crippen molar-refractivity contribution in [2.24, 2.45) is 0 Å². The van der Waals surface area contributed by atoms with Crippen molar-refractivity contribution in [1.82, 2.24) is 4.98 Å². The third-order valence-corrected chi connectivity index (χ3v) is 7.01. The van der Waals surface area contributed by atoms with Gasteiger partial charge in [-0.1, -0.05) is 23.5 Å². The first-order chi connectivity index (χ1) is 17.6. The summed E-state index contributed by atoms with van der Waals surface area (Å²) < 4.78 is 10.0. The van der Waals surface area contributed by atoms with E-state index >= 15 is 0 Å². The second-order valence-electron chi connectivity index (χ2n) is 8.11. The van der Waals surface area contributed by atoms with E-state index in [1.807, 2.05) is 0 Å². The first-order valence-electron chi connectivity index (χ1n) is 10.8. The lowest BCUT2D eigenvalue weighted by atomic mass is 9.94. The highest BCUT2D eigenvalue weighted by molar-refractivity contribution is 7.17. The van der Waals surface area contributed by atoms with Crippen LogP contribution in [0.25, 0.3) is 5.76 Å². The van der Waals surface area contributed by atoms with Gasteiger partial charge in [0.2, 0.25) is 0 Å². The maximum atomic E-state index is 13.3. The van der Waals surface area contributed by atoms with Gasteiger partial charge in [-0.2, -0.15) is 0 Å². The highest BCUT2D eigenvalue weighted by Crippen LogP contribution is 2.44. The van der Waals surface area contributed by atoms with Gasteiger partial charge >= 0.3 is 11.9 Å². The van der Waals surface area contributed by atoms with Crippen LogP contribution < -0.4 is 9.64 Å². The van der Waals surface area contributed by atoms with Gasteiger partial charge in [-0.25, -0.2) is 9.78 Å². The van der Waals surface area contributed by atoms with Gasteiger partial charge in [-0.15, -0.1) is 0 Å². The number of carbonyl (C=O) groups excluding carboxylic acids is 3. The zero-order valence-electron chi connectivity index (χ0n) is 20.2. The molecule has 1 aliphatic rings. The van der Waals surface area contributed by atoms with Crippen LogP contribution in [0.1, 0.15) is 38.1 Å². The first kappa shape index (κ1) is 25.5.